The first-order chi connectivity index (χ1) is 8.90. The van der Waals surface area contributed by atoms with Crippen molar-refractivity contribution in [1.82, 2.24) is 15.1 Å². The van der Waals surface area contributed by atoms with Crippen molar-refractivity contribution in [1.29, 1.82) is 0 Å². The highest BCUT2D eigenvalue weighted by molar-refractivity contribution is 5.95. The fourth-order valence-electron chi connectivity index (χ4n) is 2.11. The van der Waals surface area contributed by atoms with Gasteiger partial charge >= 0.3 is 12.0 Å². The topological polar surface area (TPSA) is 90.0 Å². The quantitative estimate of drug-likeness (QED) is 0.757. The molecule has 1 aliphatic heterocycles. The van der Waals surface area contributed by atoms with Crippen LogP contribution >= 0.6 is 0 Å². The van der Waals surface area contributed by atoms with Crippen molar-refractivity contribution in [3.63, 3.8) is 0 Å². The van der Waals surface area contributed by atoms with Gasteiger partial charge in [-0.1, -0.05) is 0 Å². The Labute approximate surface area is 112 Å². The molecule has 1 fully saturated rings. The standard InChI is InChI=1S/C12H21N3O4/c1-14-7-3-4-9(8-14)15(2)12(19)13-10(16)5-6-11(17)18/h9H,3-8H2,1-2H3,(H,17,18)(H,13,16,19). The van der Waals surface area contributed by atoms with Crippen molar-refractivity contribution in [2.24, 2.45) is 0 Å². The zero-order valence-corrected chi connectivity index (χ0v) is 11.4. The number of hydrogen-bond donors (Lipinski definition) is 2. The molecule has 0 bridgehead atoms. The minimum atomic E-state index is -1.05. The maximum absolute atomic E-state index is 11.8. The van der Waals surface area contributed by atoms with Crippen LogP contribution in [0.5, 0.6) is 0 Å². The second kappa shape index (κ2) is 7.08. The van der Waals surface area contributed by atoms with E-state index in [1.807, 2.05) is 7.05 Å². The van der Waals surface area contributed by atoms with Gasteiger partial charge in [0.25, 0.3) is 0 Å². The number of piperidine rings is 1. The fraction of sp³-hybridized carbons (Fsp3) is 0.750. The number of amides is 3. The van der Waals surface area contributed by atoms with Gasteiger partial charge < -0.3 is 14.9 Å². The summed E-state index contributed by atoms with van der Waals surface area (Å²) < 4.78 is 0. The molecule has 1 rings (SSSR count). The molecule has 1 saturated heterocycles. The number of aliphatic carboxylic acids is 1. The Balaban J connectivity index is 2.39. The molecule has 2 N–H and O–H groups in total. The summed E-state index contributed by atoms with van der Waals surface area (Å²) in [5.74, 6) is -1.60. The number of nitrogens with one attached hydrogen (secondary N) is 1. The van der Waals surface area contributed by atoms with Gasteiger partial charge in [0.05, 0.1) is 6.42 Å². The minimum Gasteiger partial charge on any atom is -0.481 e. The van der Waals surface area contributed by atoms with E-state index in [9.17, 15) is 14.4 Å². The summed E-state index contributed by atoms with van der Waals surface area (Å²) in [6, 6.07) is -0.373. The Morgan fingerprint density at radius 3 is 2.63 bits per heavy atom. The molecule has 0 saturated carbocycles. The average Bonchev–Trinajstić information content (AvgIpc) is 2.35. The molecule has 0 aliphatic carbocycles. The van der Waals surface area contributed by atoms with E-state index in [1.54, 1.807) is 7.05 Å². The number of rotatable bonds is 4. The van der Waals surface area contributed by atoms with Crippen LogP contribution in [0, 0.1) is 0 Å². The number of nitrogens with zero attached hydrogens (tertiary/aromatic N) is 2. The van der Waals surface area contributed by atoms with E-state index in [2.05, 4.69) is 10.2 Å². The smallest absolute Gasteiger partial charge is 0.324 e. The van der Waals surface area contributed by atoms with Crippen LogP contribution in [0.3, 0.4) is 0 Å². The third-order valence-electron chi connectivity index (χ3n) is 3.28. The number of carboxylic acids is 1. The molecule has 0 aromatic carbocycles. The van der Waals surface area contributed by atoms with E-state index in [0.29, 0.717) is 0 Å². The Kier molecular flexibility index (Phi) is 5.75. The molecule has 1 aliphatic rings. The minimum absolute atomic E-state index is 0.0889. The summed E-state index contributed by atoms with van der Waals surface area (Å²) in [5, 5.41) is 10.7. The van der Waals surface area contributed by atoms with Gasteiger partial charge in [0.1, 0.15) is 0 Å². The molecule has 19 heavy (non-hydrogen) atoms. The van der Waals surface area contributed by atoms with Gasteiger partial charge in [-0.15, -0.1) is 0 Å². The first-order valence-electron chi connectivity index (χ1n) is 6.37. The lowest BCUT2D eigenvalue weighted by Crippen LogP contribution is -2.51. The van der Waals surface area contributed by atoms with E-state index in [4.69, 9.17) is 5.11 Å². The summed E-state index contributed by atoms with van der Waals surface area (Å²) in [6.45, 7) is 1.80. The van der Waals surface area contributed by atoms with Crippen molar-refractivity contribution < 1.29 is 19.5 Å². The Bertz CT molecular complexity index is 359. The van der Waals surface area contributed by atoms with E-state index >= 15 is 0 Å². The normalized spacial score (nSPS) is 19.8. The van der Waals surface area contributed by atoms with E-state index in [-0.39, 0.29) is 18.9 Å². The number of likely N-dealkylation sites (N-methyl/N-ethyl adjacent to an activating group) is 2. The van der Waals surface area contributed by atoms with Crippen LogP contribution in [-0.4, -0.2) is 66.0 Å². The molecule has 1 unspecified atom stereocenters. The van der Waals surface area contributed by atoms with Crippen molar-refractivity contribution >= 4 is 17.9 Å². The second-order valence-corrected chi connectivity index (χ2v) is 4.92. The lowest BCUT2D eigenvalue weighted by Gasteiger charge is -2.35. The van der Waals surface area contributed by atoms with Gasteiger partial charge in [-0.05, 0) is 26.4 Å². The summed E-state index contributed by atoms with van der Waals surface area (Å²) in [4.78, 5) is 37.2. The van der Waals surface area contributed by atoms with Crippen LogP contribution < -0.4 is 5.32 Å². The fourth-order valence-corrected chi connectivity index (χ4v) is 2.11. The summed E-state index contributed by atoms with van der Waals surface area (Å²) in [7, 11) is 3.65. The maximum atomic E-state index is 11.8. The first kappa shape index (κ1) is 15.4. The van der Waals surface area contributed by atoms with Gasteiger partial charge in [0, 0.05) is 26.1 Å². The van der Waals surface area contributed by atoms with Crippen LogP contribution in [0.2, 0.25) is 0 Å². The zero-order valence-electron chi connectivity index (χ0n) is 11.4. The van der Waals surface area contributed by atoms with Crippen LogP contribution in [0.1, 0.15) is 25.7 Å². The highest BCUT2D eigenvalue weighted by Gasteiger charge is 2.25. The van der Waals surface area contributed by atoms with Gasteiger partial charge in [0.15, 0.2) is 0 Å². The van der Waals surface area contributed by atoms with Crippen LogP contribution in [0.15, 0.2) is 0 Å². The van der Waals surface area contributed by atoms with E-state index in [0.717, 1.165) is 25.9 Å². The third-order valence-corrected chi connectivity index (χ3v) is 3.28. The lowest BCUT2D eigenvalue weighted by molar-refractivity contribution is -0.138. The van der Waals surface area contributed by atoms with Crippen molar-refractivity contribution in [3.8, 4) is 0 Å². The van der Waals surface area contributed by atoms with Gasteiger partial charge in [-0.2, -0.15) is 0 Å². The van der Waals surface area contributed by atoms with Gasteiger partial charge in [-0.3, -0.25) is 14.9 Å². The number of imide groups is 1. The highest BCUT2D eigenvalue weighted by atomic mass is 16.4. The lowest BCUT2D eigenvalue weighted by atomic mass is 10.1. The van der Waals surface area contributed by atoms with E-state index < -0.39 is 17.9 Å². The Morgan fingerprint density at radius 1 is 1.37 bits per heavy atom. The number of carbonyl (C=O) groups excluding carboxylic acids is 2. The van der Waals surface area contributed by atoms with Crippen LogP contribution in [0.4, 0.5) is 4.79 Å². The summed E-state index contributed by atoms with van der Waals surface area (Å²) >= 11 is 0. The van der Waals surface area contributed by atoms with Crippen molar-refractivity contribution in [3.05, 3.63) is 0 Å². The number of likely N-dealkylation sites (tertiary alicyclic amines) is 1. The van der Waals surface area contributed by atoms with Crippen molar-refractivity contribution in [2.45, 2.75) is 31.7 Å². The van der Waals surface area contributed by atoms with Gasteiger partial charge in [0.2, 0.25) is 5.91 Å². The Morgan fingerprint density at radius 2 is 2.05 bits per heavy atom. The number of hydrogen-bond acceptors (Lipinski definition) is 4. The number of carboxylic acid groups (broad SMARTS) is 1. The molecule has 0 radical (unpaired) electrons. The second-order valence-electron chi connectivity index (χ2n) is 4.92. The SMILES string of the molecule is CN1CCCC(N(C)C(=O)NC(=O)CCC(=O)O)C1. The molecule has 0 aromatic heterocycles. The predicted octanol–water partition coefficient (Wildman–Crippen LogP) is 0.113. The molecule has 0 spiro atoms. The monoisotopic (exact) mass is 271 g/mol. The molecular formula is C12H21N3O4. The average molecular weight is 271 g/mol. The largest absolute Gasteiger partial charge is 0.481 e. The Hall–Kier alpha value is -1.63. The molecule has 0 aromatic rings. The molecule has 3 amide bonds. The number of carbonyl (C=O) groups is 3. The van der Waals surface area contributed by atoms with Crippen molar-refractivity contribution in [2.75, 3.05) is 27.2 Å². The zero-order chi connectivity index (χ0) is 14.4. The molecule has 1 atom stereocenters. The molecular weight excluding hydrogens is 250 g/mol. The van der Waals surface area contributed by atoms with Crippen LogP contribution in [0.25, 0.3) is 0 Å². The maximum Gasteiger partial charge on any atom is 0.324 e. The first-order valence-corrected chi connectivity index (χ1v) is 6.37. The predicted molar refractivity (Wildman–Crippen MR) is 68.7 cm³/mol. The summed E-state index contributed by atoms with van der Waals surface area (Å²) in [6.07, 6.45) is 1.48. The highest BCUT2D eigenvalue weighted by Crippen LogP contribution is 2.13. The van der Waals surface area contributed by atoms with Gasteiger partial charge in [-0.25, -0.2) is 4.79 Å². The van der Waals surface area contributed by atoms with Crippen LogP contribution in [-0.2, 0) is 9.59 Å². The molecule has 108 valence electrons. The molecule has 7 nitrogen and oxygen atoms in total. The molecule has 1 heterocycles. The molecule has 7 heteroatoms. The summed E-state index contributed by atoms with van der Waals surface area (Å²) in [5.41, 5.74) is 0. The number of urea groups is 1. The third kappa shape index (κ3) is 5.25. The van der Waals surface area contributed by atoms with E-state index in [1.165, 1.54) is 4.90 Å².